The zero-order chi connectivity index (χ0) is 9.80. The predicted octanol–water partition coefficient (Wildman–Crippen LogP) is 2.26. The van der Waals surface area contributed by atoms with E-state index >= 15 is 0 Å². The van der Waals surface area contributed by atoms with Crippen molar-refractivity contribution in [2.24, 2.45) is 11.7 Å². The Balaban J connectivity index is 1.89. The van der Waals surface area contributed by atoms with Crippen LogP contribution in [-0.2, 0) is 13.0 Å². The van der Waals surface area contributed by atoms with Gasteiger partial charge in [-0.3, -0.25) is 0 Å². The van der Waals surface area contributed by atoms with E-state index in [-0.39, 0.29) is 0 Å². The highest BCUT2D eigenvalue weighted by atomic mass is 16.4. The van der Waals surface area contributed by atoms with Gasteiger partial charge in [-0.1, -0.05) is 32.1 Å². The van der Waals surface area contributed by atoms with Crippen molar-refractivity contribution >= 4 is 0 Å². The average Bonchev–Trinajstić information content (AvgIpc) is 2.67. The number of hydrogen-bond donors (Lipinski definition) is 1. The molecule has 1 aromatic rings. The van der Waals surface area contributed by atoms with Crippen molar-refractivity contribution in [3.8, 4) is 0 Å². The fourth-order valence-electron chi connectivity index (χ4n) is 2.21. The maximum atomic E-state index is 5.50. The second-order valence-electron chi connectivity index (χ2n) is 4.13. The van der Waals surface area contributed by atoms with Crippen LogP contribution in [0, 0.1) is 5.92 Å². The van der Waals surface area contributed by atoms with E-state index in [0.29, 0.717) is 12.4 Å². The minimum atomic E-state index is 0.407. The summed E-state index contributed by atoms with van der Waals surface area (Å²) in [6.07, 6.45) is 9.73. The van der Waals surface area contributed by atoms with Crippen LogP contribution < -0.4 is 5.73 Å². The maximum absolute atomic E-state index is 5.50. The Morgan fingerprint density at radius 3 is 2.79 bits per heavy atom. The summed E-state index contributed by atoms with van der Waals surface area (Å²) in [5, 5.41) is 0. The molecule has 0 saturated heterocycles. The topological polar surface area (TPSA) is 52.0 Å². The molecule has 1 aromatic heterocycles. The molecule has 2 rings (SSSR count). The number of rotatable bonds is 3. The molecule has 0 radical (unpaired) electrons. The molecule has 0 amide bonds. The van der Waals surface area contributed by atoms with Crippen LogP contribution in [0.25, 0.3) is 0 Å². The Hall–Kier alpha value is -0.830. The van der Waals surface area contributed by atoms with Gasteiger partial charge >= 0.3 is 0 Å². The molecule has 0 atom stereocenters. The molecule has 1 aliphatic rings. The summed E-state index contributed by atoms with van der Waals surface area (Å²) in [6.45, 7) is 0.407. The minimum absolute atomic E-state index is 0.407. The molecule has 1 heterocycles. The molecule has 78 valence electrons. The smallest absolute Gasteiger partial charge is 0.208 e. The van der Waals surface area contributed by atoms with E-state index in [1.54, 1.807) is 0 Å². The molecule has 14 heavy (non-hydrogen) atoms. The third-order valence-electron chi connectivity index (χ3n) is 2.99. The zero-order valence-electron chi connectivity index (χ0n) is 8.54. The molecular weight excluding hydrogens is 176 g/mol. The van der Waals surface area contributed by atoms with Gasteiger partial charge in [0.1, 0.15) is 5.76 Å². The molecular formula is C11H18N2O. The number of aromatic nitrogens is 1. The van der Waals surface area contributed by atoms with Crippen LogP contribution in [0.2, 0.25) is 0 Å². The lowest BCUT2D eigenvalue weighted by Crippen LogP contribution is -2.08. The van der Waals surface area contributed by atoms with Crippen molar-refractivity contribution in [1.29, 1.82) is 0 Å². The summed E-state index contributed by atoms with van der Waals surface area (Å²) in [4.78, 5) is 4.11. The van der Waals surface area contributed by atoms with Crippen molar-refractivity contribution in [1.82, 2.24) is 4.98 Å². The Kier molecular flexibility index (Phi) is 3.19. The Labute approximate surface area is 84.7 Å². The second kappa shape index (κ2) is 4.60. The molecule has 0 unspecified atom stereocenters. The van der Waals surface area contributed by atoms with Gasteiger partial charge in [0.25, 0.3) is 0 Å². The Morgan fingerprint density at radius 2 is 2.14 bits per heavy atom. The first kappa shape index (κ1) is 9.71. The van der Waals surface area contributed by atoms with Crippen LogP contribution in [0.1, 0.15) is 43.8 Å². The van der Waals surface area contributed by atoms with Crippen LogP contribution in [0.5, 0.6) is 0 Å². The second-order valence-corrected chi connectivity index (χ2v) is 4.13. The first-order valence-corrected chi connectivity index (χ1v) is 5.52. The largest absolute Gasteiger partial charge is 0.444 e. The monoisotopic (exact) mass is 194 g/mol. The lowest BCUT2D eigenvalue weighted by molar-refractivity contribution is 0.329. The van der Waals surface area contributed by atoms with Gasteiger partial charge in [0.2, 0.25) is 5.89 Å². The van der Waals surface area contributed by atoms with Crippen LogP contribution in [0.4, 0.5) is 0 Å². The normalized spacial score (nSPS) is 18.6. The van der Waals surface area contributed by atoms with E-state index in [9.17, 15) is 0 Å². The minimum Gasteiger partial charge on any atom is -0.444 e. The summed E-state index contributed by atoms with van der Waals surface area (Å²) >= 11 is 0. The zero-order valence-corrected chi connectivity index (χ0v) is 8.54. The Bertz CT molecular complexity index is 277. The lowest BCUT2D eigenvalue weighted by atomic mass is 9.86. The third kappa shape index (κ3) is 2.35. The predicted molar refractivity (Wildman–Crippen MR) is 54.7 cm³/mol. The summed E-state index contributed by atoms with van der Waals surface area (Å²) in [5.74, 6) is 2.48. The summed E-state index contributed by atoms with van der Waals surface area (Å²) in [6, 6.07) is 0. The van der Waals surface area contributed by atoms with Gasteiger partial charge in [0, 0.05) is 6.42 Å². The van der Waals surface area contributed by atoms with Crippen molar-refractivity contribution in [3.63, 3.8) is 0 Å². The number of nitrogens with two attached hydrogens (primary N) is 1. The van der Waals surface area contributed by atoms with Crippen molar-refractivity contribution < 1.29 is 4.42 Å². The quantitative estimate of drug-likeness (QED) is 0.803. The highest BCUT2D eigenvalue weighted by molar-refractivity contribution is 4.95. The highest BCUT2D eigenvalue weighted by Crippen LogP contribution is 2.26. The lowest BCUT2D eigenvalue weighted by Gasteiger charge is -2.19. The van der Waals surface area contributed by atoms with E-state index in [1.807, 2.05) is 6.20 Å². The molecule has 0 bridgehead atoms. The van der Waals surface area contributed by atoms with Gasteiger partial charge in [0.15, 0.2) is 0 Å². The van der Waals surface area contributed by atoms with Gasteiger partial charge in [-0.05, 0) is 5.92 Å². The SMILES string of the molecule is NCc1ncc(CC2CCCCC2)o1. The van der Waals surface area contributed by atoms with E-state index in [1.165, 1.54) is 32.1 Å². The van der Waals surface area contributed by atoms with Gasteiger partial charge in [-0.25, -0.2) is 4.98 Å². The standard InChI is InChI=1S/C11H18N2O/c12-7-11-13-8-10(14-11)6-9-4-2-1-3-5-9/h8-9H,1-7,12H2. The van der Waals surface area contributed by atoms with Gasteiger partial charge in [-0.15, -0.1) is 0 Å². The molecule has 1 fully saturated rings. The van der Waals surface area contributed by atoms with Crippen LogP contribution in [0.3, 0.4) is 0 Å². The number of oxazole rings is 1. The van der Waals surface area contributed by atoms with Crippen LogP contribution in [0.15, 0.2) is 10.6 Å². The van der Waals surface area contributed by atoms with Crippen LogP contribution >= 0.6 is 0 Å². The summed E-state index contributed by atoms with van der Waals surface area (Å²) in [5.41, 5.74) is 5.44. The van der Waals surface area contributed by atoms with Gasteiger partial charge in [-0.2, -0.15) is 0 Å². The molecule has 0 aliphatic heterocycles. The van der Waals surface area contributed by atoms with Crippen molar-refractivity contribution in [2.45, 2.75) is 45.1 Å². The van der Waals surface area contributed by atoms with Gasteiger partial charge in [0.05, 0.1) is 12.7 Å². The average molecular weight is 194 g/mol. The third-order valence-corrected chi connectivity index (χ3v) is 2.99. The number of nitrogens with zero attached hydrogens (tertiary/aromatic N) is 1. The maximum Gasteiger partial charge on any atom is 0.208 e. The summed E-state index contributed by atoms with van der Waals surface area (Å²) in [7, 11) is 0. The molecule has 1 aliphatic carbocycles. The van der Waals surface area contributed by atoms with Crippen molar-refractivity contribution in [3.05, 3.63) is 17.8 Å². The molecule has 0 spiro atoms. The molecule has 1 saturated carbocycles. The van der Waals surface area contributed by atoms with Gasteiger partial charge < -0.3 is 10.2 Å². The molecule has 3 heteroatoms. The van der Waals surface area contributed by atoms with E-state index in [0.717, 1.165) is 18.1 Å². The number of hydrogen-bond acceptors (Lipinski definition) is 3. The first-order chi connectivity index (χ1) is 6.88. The fourth-order valence-corrected chi connectivity index (χ4v) is 2.21. The fraction of sp³-hybridized carbons (Fsp3) is 0.727. The summed E-state index contributed by atoms with van der Waals surface area (Å²) < 4.78 is 5.50. The first-order valence-electron chi connectivity index (χ1n) is 5.52. The molecule has 0 aromatic carbocycles. The van der Waals surface area contributed by atoms with E-state index in [2.05, 4.69) is 4.98 Å². The van der Waals surface area contributed by atoms with E-state index < -0.39 is 0 Å². The Morgan fingerprint density at radius 1 is 1.36 bits per heavy atom. The highest BCUT2D eigenvalue weighted by Gasteiger charge is 2.15. The van der Waals surface area contributed by atoms with E-state index in [4.69, 9.17) is 10.2 Å². The van der Waals surface area contributed by atoms with Crippen LogP contribution in [-0.4, -0.2) is 4.98 Å². The molecule has 2 N–H and O–H groups in total. The van der Waals surface area contributed by atoms with Crippen molar-refractivity contribution in [2.75, 3.05) is 0 Å². The molecule has 3 nitrogen and oxygen atoms in total.